The van der Waals surface area contributed by atoms with E-state index in [2.05, 4.69) is 15.3 Å². The Morgan fingerprint density at radius 3 is 2.96 bits per heavy atom. The third kappa shape index (κ3) is 3.00. The number of aromatic amines is 1. The second kappa shape index (κ2) is 6.70. The zero-order chi connectivity index (χ0) is 19.1. The Bertz CT molecular complexity index is 1020. The minimum Gasteiger partial charge on any atom is -0.454 e. The number of amides is 1. The summed E-state index contributed by atoms with van der Waals surface area (Å²) in [5, 5.41) is 11.7. The van der Waals surface area contributed by atoms with E-state index in [1.165, 1.54) is 0 Å². The van der Waals surface area contributed by atoms with Crippen molar-refractivity contribution < 1.29 is 14.3 Å². The Kier molecular flexibility index (Phi) is 4.03. The maximum absolute atomic E-state index is 13.0. The van der Waals surface area contributed by atoms with Crippen LogP contribution in [0.2, 0.25) is 0 Å². The molecule has 2 aliphatic rings. The van der Waals surface area contributed by atoms with Crippen molar-refractivity contribution in [3.05, 3.63) is 47.9 Å². The highest BCUT2D eigenvalue weighted by molar-refractivity contribution is 5.93. The molecule has 144 valence electrons. The van der Waals surface area contributed by atoms with Crippen LogP contribution in [0.1, 0.15) is 34.9 Å². The van der Waals surface area contributed by atoms with E-state index in [1.54, 1.807) is 6.07 Å². The first-order valence-corrected chi connectivity index (χ1v) is 9.41. The average Bonchev–Trinajstić information content (AvgIpc) is 3.47. The molecule has 8 heteroatoms. The largest absolute Gasteiger partial charge is 0.454 e. The van der Waals surface area contributed by atoms with Crippen molar-refractivity contribution in [1.82, 2.24) is 24.9 Å². The van der Waals surface area contributed by atoms with Crippen molar-refractivity contribution in [2.24, 2.45) is 7.05 Å². The van der Waals surface area contributed by atoms with Gasteiger partial charge in [0.05, 0.1) is 11.4 Å². The number of hydrogen-bond donors (Lipinski definition) is 1. The Morgan fingerprint density at radius 2 is 2.11 bits per heavy atom. The normalized spacial score (nSPS) is 18.5. The van der Waals surface area contributed by atoms with Crippen LogP contribution in [0.3, 0.4) is 0 Å². The van der Waals surface area contributed by atoms with Gasteiger partial charge < -0.3 is 14.4 Å². The molecule has 1 saturated heterocycles. The molecule has 0 aliphatic carbocycles. The Labute approximate surface area is 162 Å². The van der Waals surface area contributed by atoms with Crippen molar-refractivity contribution in [2.75, 3.05) is 19.9 Å². The molecule has 28 heavy (non-hydrogen) atoms. The maximum Gasteiger partial charge on any atom is 0.271 e. The number of aromatic nitrogens is 4. The molecule has 2 aromatic heterocycles. The van der Waals surface area contributed by atoms with Crippen LogP contribution in [0.5, 0.6) is 11.5 Å². The van der Waals surface area contributed by atoms with E-state index >= 15 is 0 Å². The third-order valence-electron chi connectivity index (χ3n) is 5.34. The summed E-state index contributed by atoms with van der Waals surface area (Å²) < 4.78 is 12.6. The highest BCUT2D eigenvalue weighted by Crippen LogP contribution is 2.35. The molecule has 0 radical (unpaired) electrons. The molecular formula is C20H21N5O3. The van der Waals surface area contributed by atoms with Crippen LogP contribution < -0.4 is 9.47 Å². The number of nitrogens with one attached hydrogen (secondary N) is 1. The zero-order valence-corrected chi connectivity index (χ0v) is 15.6. The number of nitrogens with zero attached hydrogens (tertiary/aromatic N) is 4. The lowest BCUT2D eigenvalue weighted by atomic mass is 9.95. The second-order valence-corrected chi connectivity index (χ2v) is 7.24. The van der Waals surface area contributed by atoms with Gasteiger partial charge in [-0.25, -0.2) is 0 Å². The molecule has 0 saturated carbocycles. The van der Waals surface area contributed by atoms with Gasteiger partial charge in [0.2, 0.25) is 6.79 Å². The van der Waals surface area contributed by atoms with Gasteiger partial charge in [0.1, 0.15) is 5.69 Å². The molecule has 1 aromatic carbocycles. The van der Waals surface area contributed by atoms with Crippen LogP contribution in [-0.4, -0.2) is 50.7 Å². The summed E-state index contributed by atoms with van der Waals surface area (Å²) in [5.74, 6) is 1.67. The monoisotopic (exact) mass is 379 g/mol. The van der Waals surface area contributed by atoms with Crippen molar-refractivity contribution in [3.63, 3.8) is 0 Å². The number of carbonyl (C=O) groups is 1. The van der Waals surface area contributed by atoms with Crippen LogP contribution in [0.4, 0.5) is 0 Å². The Balaban J connectivity index is 1.33. The van der Waals surface area contributed by atoms with Gasteiger partial charge in [0.15, 0.2) is 11.5 Å². The Hall–Kier alpha value is -3.29. The fraction of sp³-hybridized carbons (Fsp3) is 0.350. The number of fused-ring (bicyclic) bond motifs is 1. The highest BCUT2D eigenvalue weighted by atomic mass is 16.7. The third-order valence-corrected chi connectivity index (χ3v) is 5.34. The SMILES string of the molecule is Cn1ccc(C2CCCN(C(=O)c3cc(-c4ccc5c(c4)OCO5)n[nH]3)C2)n1. The van der Waals surface area contributed by atoms with Gasteiger partial charge in [-0.05, 0) is 43.2 Å². The number of likely N-dealkylation sites (tertiary alicyclic amines) is 1. The summed E-state index contributed by atoms with van der Waals surface area (Å²) in [5.41, 5.74) is 3.13. The van der Waals surface area contributed by atoms with Gasteiger partial charge in [-0.2, -0.15) is 10.2 Å². The van der Waals surface area contributed by atoms with Gasteiger partial charge >= 0.3 is 0 Å². The number of hydrogen-bond acceptors (Lipinski definition) is 5. The maximum atomic E-state index is 13.0. The molecule has 1 N–H and O–H groups in total. The van der Waals surface area contributed by atoms with Crippen LogP contribution in [0.15, 0.2) is 36.5 Å². The first kappa shape index (κ1) is 16.9. The smallest absolute Gasteiger partial charge is 0.271 e. The quantitative estimate of drug-likeness (QED) is 0.756. The molecule has 5 rings (SSSR count). The molecule has 3 aromatic rings. The summed E-state index contributed by atoms with van der Waals surface area (Å²) >= 11 is 0. The van der Waals surface area contributed by atoms with E-state index in [-0.39, 0.29) is 18.6 Å². The van der Waals surface area contributed by atoms with E-state index in [1.807, 2.05) is 47.1 Å². The molecular weight excluding hydrogens is 358 g/mol. The number of benzene rings is 1. The number of H-pyrrole nitrogens is 1. The first-order chi connectivity index (χ1) is 13.7. The zero-order valence-electron chi connectivity index (χ0n) is 15.6. The lowest BCUT2D eigenvalue weighted by Crippen LogP contribution is -2.39. The predicted octanol–water partition coefficient (Wildman–Crippen LogP) is 2.56. The van der Waals surface area contributed by atoms with Crippen molar-refractivity contribution in [2.45, 2.75) is 18.8 Å². The molecule has 4 heterocycles. The topological polar surface area (TPSA) is 85.3 Å². The molecule has 0 bridgehead atoms. The molecule has 0 spiro atoms. The van der Waals surface area contributed by atoms with Crippen LogP contribution in [-0.2, 0) is 7.05 Å². The molecule has 1 fully saturated rings. The molecule has 1 atom stereocenters. The fourth-order valence-electron chi connectivity index (χ4n) is 3.86. The van der Waals surface area contributed by atoms with E-state index in [4.69, 9.17) is 9.47 Å². The number of ether oxygens (including phenoxy) is 2. The summed E-state index contributed by atoms with van der Waals surface area (Å²) in [6.07, 6.45) is 3.96. The average molecular weight is 379 g/mol. The highest BCUT2D eigenvalue weighted by Gasteiger charge is 2.28. The number of piperidine rings is 1. The minimum atomic E-state index is -0.0277. The predicted molar refractivity (Wildman–Crippen MR) is 101 cm³/mol. The van der Waals surface area contributed by atoms with Gasteiger partial charge in [0.25, 0.3) is 5.91 Å². The van der Waals surface area contributed by atoms with Gasteiger partial charge in [-0.15, -0.1) is 0 Å². The lowest BCUT2D eigenvalue weighted by Gasteiger charge is -2.31. The summed E-state index contributed by atoms with van der Waals surface area (Å²) in [4.78, 5) is 14.9. The summed E-state index contributed by atoms with van der Waals surface area (Å²) in [7, 11) is 1.91. The summed E-state index contributed by atoms with van der Waals surface area (Å²) in [6, 6.07) is 9.48. The van der Waals surface area contributed by atoms with Gasteiger partial charge in [0, 0.05) is 37.8 Å². The standard InChI is InChI=1S/C20H21N5O3/c1-24-8-6-15(23-24)14-3-2-7-25(11-14)20(26)17-10-16(21-22-17)13-4-5-18-19(9-13)28-12-27-18/h4-6,8-10,14H,2-3,7,11-12H2,1H3,(H,21,22). The van der Waals surface area contributed by atoms with Crippen molar-refractivity contribution in [3.8, 4) is 22.8 Å². The van der Waals surface area contributed by atoms with E-state index in [9.17, 15) is 4.79 Å². The second-order valence-electron chi connectivity index (χ2n) is 7.24. The summed E-state index contributed by atoms with van der Waals surface area (Å²) in [6.45, 7) is 1.66. The Morgan fingerprint density at radius 1 is 1.21 bits per heavy atom. The van der Waals surface area contributed by atoms with E-state index in [0.717, 1.165) is 36.4 Å². The fourth-order valence-corrected chi connectivity index (χ4v) is 3.86. The molecule has 1 amide bonds. The first-order valence-electron chi connectivity index (χ1n) is 9.41. The van der Waals surface area contributed by atoms with Gasteiger partial charge in [-0.3, -0.25) is 14.6 Å². The number of rotatable bonds is 3. The van der Waals surface area contributed by atoms with Crippen LogP contribution in [0.25, 0.3) is 11.3 Å². The number of aryl methyl sites for hydroxylation is 1. The van der Waals surface area contributed by atoms with Crippen LogP contribution in [0, 0.1) is 0 Å². The van der Waals surface area contributed by atoms with E-state index in [0.29, 0.717) is 23.7 Å². The van der Waals surface area contributed by atoms with Crippen molar-refractivity contribution >= 4 is 5.91 Å². The van der Waals surface area contributed by atoms with Crippen LogP contribution >= 0.6 is 0 Å². The minimum absolute atomic E-state index is 0.0277. The number of carbonyl (C=O) groups excluding carboxylic acids is 1. The lowest BCUT2D eigenvalue weighted by molar-refractivity contribution is 0.0699. The van der Waals surface area contributed by atoms with Gasteiger partial charge in [-0.1, -0.05) is 0 Å². The molecule has 8 nitrogen and oxygen atoms in total. The van der Waals surface area contributed by atoms with Crippen molar-refractivity contribution in [1.29, 1.82) is 0 Å². The molecule has 2 aliphatic heterocycles. The van der Waals surface area contributed by atoms with E-state index < -0.39 is 0 Å². The molecule has 1 unspecified atom stereocenters.